The zero-order valence-corrected chi connectivity index (χ0v) is 15.4. The molecule has 0 aromatic rings. The fourth-order valence-electron chi connectivity index (χ4n) is 2.83. The van der Waals surface area contributed by atoms with Crippen LogP contribution in [0.15, 0.2) is 0 Å². The SMILES string of the molecule is CC(C)[C@H]1CC(=O)N[C@@H](C(=O)O)CC(=O)N[C@@H](CCCCN)CC(=O)N1. The summed E-state index contributed by atoms with van der Waals surface area (Å²) < 4.78 is 0. The molecule has 9 heteroatoms. The van der Waals surface area contributed by atoms with Crippen molar-refractivity contribution in [2.45, 2.75) is 70.5 Å². The van der Waals surface area contributed by atoms with Crippen molar-refractivity contribution in [2.75, 3.05) is 6.54 Å². The number of carboxylic acids is 1. The molecule has 26 heavy (non-hydrogen) atoms. The highest BCUT2D eigenvalue weighted by molar-refractivity contribution is 5.89. The molecule has 1 rings (SSSR count). The van der Waals surface area contributed by atoms with E-state index < -0.39 is 35.9 Å². The maximum absolute atomic E-state index is 12.3. The minimum atomic E-state index is -1.30. The third kappa shape index (κ3) is 7.81. The summed E-state index contributed by atoms with van der Waals surface area (Å²) in [6.07, 6.45) is 1.78. The third-order valence-electron chi connectivity index (χ3n) is 4.38. The van der Waals surface area contributed by atoms with E-state index in [9.17, 15) is 24.3 Å². The second-order valence-corrected chi connectivity index (χ2v) is 7.04. The summed E-state index contributed by atoms with van der Waals surface area (Å²) in [6, 6.07) is -2.10. The van der Waals surface area contributed by atoms with Crippen LogP contribution in [0.4, 0.5) is 0 Å². The molecule has 1 saturated heterocycles. The topological polar surface area (TPSA) is 151 Å². The van der Waals surface area contributed by atoms with E-state index in [4.69, 9.17) is 5.73 Å². The van der Waals surface area contributed by atoms with Crippen LogP contribution >= 0.6 is 0 Å². The van der Waals surface area contributed by atoms with Crippen molar-refractivity contribution in [3.05, 3.63) is 0 Å². The first-order valence-corrected chi connectivity index (χ1v) is 9.03. The van der Waals surface area contributed by atoms with Crippen LogP contribution in [0.1, 0.15) is 52.4 Å². The van der Waals surface area contributed by atoms with E-state index >= 15 is 0 Å². The van der Waals surface area contributed by atoms with Gasteiger partial charge in [-0.2, -0.15) is 0 Å². The number of carbonyl (C=O) groups excluding carboxylic acids is 3. The van der Waals surface area contributed by atoms with Gasteiger partial charge in [-0.1, -0.05) is 20.3 Å². The summed E-state index contributed by atoms with van der Waals surface area (Å²) >= 11 is 0. The summed E-state index contributed by atoms with van der Waals surface area (Å²) in [5.41, 5.74) is 5.48. The van der Waals surface area contributed by atoms with Crippen LogP contribution in [0.25, 0.3) is 0 Å². The van der Waals surface area contributed by atoms with E-state index in [1.54, 1.807) is 0 Å². The fourth-order valence-corrected chi connectivity index (χ4v) is 2.83. The Morgan fingerprint density at radius 3 is 2.23 bits per heavy atom. The number of aliphatic carboxylic acids is 1. The first kappa shape index (κ1) is 21.9. The molecule has 0 aromatic carbocycles. The Labute approximate surface area is 153 Å². The van der Waals surface area contributed by atoms with Gasteiger partial charge in [0.1, 0.15) is 6.04 Å². The Bertz CT molecular complexity index is 523. The summed E-state index contributed by atoms with van der Waals surface area (Å²) in [7, 11) is 0. The van der Waals surface area contributed by atoms with Crippen LogP contribution in [0.2, 0.25) is 0 Å². The lowest BCUT2D eigenvalue weighted by Gasteiger charge is -2.26. The number of carbonyl (C=O) groups is 4. The van der Waals surface area contributed by atoms with Gasteiger partial charge in [0, 0.05) is 24.9 Å². The van der Waals surface area contributed by atoms with Gasteiger partial charge in [-0.05, 0) is 25.3 Å². The number of nitrogens with one attached hydrogen (secondary N) is 3. The van der Waals surface area contributed by atoms with Gasteiger partial charge in [0.25, 0.3) is 0 Å². The van der Waals surface area contributed by atoms with Crippen molar-refractivity contribution in [3.63, 3.8) is 0 Å². The highest BCUT2D eigenvalue weighted by Gasteiger charge is 2.29. The molecule has 3 atom stereocenters. The van der Waals surface area contributed by atoms with Crippen LogP contribution < -0.4 is 21.7 Å². The smallest absolute Gasteiger partial charge is 0.326 e. The molecule has 0 saturated carbocycles. The Balaban J connectivity index is 2.94. The Morgan fingerprint density at radius 1 is 1.04 bits per heavy atom. The Hall–Kier alpha value is -2.16. The van der Waals surface area contributed by atoms with Crippen molar-refractivity contribution in [1.29, 1.82) is 0 Å². The van der Waals surface area contributed by atoms with Crippen LogP contribution in [0.3, 0.4) is 0 Å². The highest BCUT2D eigenvalue weighted by Crippen LogP contribution is 2.11. The Morgan fingerprint density at radius 2 is 1.65 bits per heavy atom. The van der Waals surface area contributed by atoms with E-state index in [0.29, 0.717) is 13.0 Å². The van der Waals surface area contributed by atoms with Crippen molar-refractivity contribution in [2.24, 2.45) is 11.7 Å². The molecular weight excluding hydrogens is 340 g/mol. The molecule has 0 bridgehead atoms. The number of nitrogens with two attached hydrogens (primary N) is 1. The van der Waals surface area contributed by atoms with Gasteiger partial charge in [0.15, 0.2) is 0 Å². The van der Waals surface area contributed by atoms with Gasteiger partial charge in [0.05, 0.1) is 6.42 Å². The van der Waals surface area contributed by atoms with Gasteiger partial charge >= 0.3 is 5.97 Å². The molecule has 0 spiro atoms. The lowest BCUT2D eigenvalue weighted by molar-refractivity contribution is -0.144. The minimum absolute atomic E-state index is 0.00111. The second-order valence-electron chi connectivity index (χ2n) is 7.04. The molecule has 1 aliphatic heterocycles. The molecule has 1 aliphatic rings. The number of hydrogen-bond donors (Lipinski definition) is 5. The number of unbranched alkanes of at least 4 members (excludes halogenated alkanes) is 1. The van der Waals surface area contributed by atoms with Crippen LogP contribution in [-0.4, -0.2) is 53.5 Å². The van der Waals surface area contributed by atoms with Gasteiger partial charge in [0.2, 0.25) is 17.7 Å². The number of carboxylic acid groups (broad SMARTS) is 1. The molecular formula is C17H30N4O5. The first-order valence-electron chi connectivity index (χ1n) is 9.03. The molecule has 0 aliphatic carbocycles. The minimum Gasteiger partial charge on any atom is -0.480 e. The maximum atomic E-state index is 12.3. The van der Waals surface area contributed by atoms with Gasteiger partial charge in [-0.15, -0.1) is 0 Å². The molecule has 3 amide bonds. The zero-order valence-electron chi connectivity index (χ0n) is 15.4. The molecule has 1 fully saturated rings. The number of rotatable bonds is 6. The number of hydrogen-bond acceptors (Lipinski definition) is 5. The lowest BCUT2D eigenvalue weighted by atomic mass is 9.98. The number of amides is 3. The van der Waals surface area contributed by atoms with Crippen LogP contribution in [0, 0.1) is 5.92 Å². The molecule has 0 radical (unpaired) electrons. The fraction of sp³-hybridized carbons (Fsp3) is 0.765. The van der Waals surface area contributed by atoms with Crippen molar-refractivity contribution in [3.8, 4) is 0 Å². The average molecular weight is 370 g/mol. The van der Waals surface area contributed by atoms with E-state index in [1.165, 1.54) is 0 Å². The molecule has 9 nitrogen and oxygen atoms in total. The zero-order chi connectivity index (χ0) is 19.7. The molecule has 1 heterocycles. The Kier molecular flexibility index (Phi) is 9.04. The first-order chi connectivity index (χ1) is 12.2. The average Bonchev–Trinajstić information content (AvgIpc) is 2.52. The summed E-state index contributed by atoms with van der Waals surface area (Å²) in [6.45, 7) is 4.27. The molecule has 6 N–H and O–H groups in total. The lowest BCUT2D eigenvalue weighted by Crippen LogP contribution is -2.51. The van der Waals surface area contributed by atoms with E-state index in [-0.39, 0.29) is 31.1 Å². The van der Waals surface area contributed by atoms with Crippen molar-refractivity contribution in [1.82, 2.24) is 16.0 Å². The second kappa shape index (κ2) is 10.7. The van der Waals surface area contributed by atoms with Gasteiger partial charge in [-0.3, -0.25) is 14.4 Å². The predicted molar refractivity (Wildman–Crippen MR) is 95.0 cm³/mol. The van der Waals surface area contributed by atoms with E-state index in [2.05, 4.69) is 16.0 Å². The van der Waals surface area contributed by atoms with E-state index in [1.807, 2.05) is 13.8 Å². The standard InChI is InChI=1S/C17H30N4O5/c1-10(2)12-8-16(24)21-13(17(25)26)9-15(23)19-11(5-3-4-6-18)7-14(22)20-12/h10-13H,3-9,18H2,1-2H3,(H,19,23)(H,20,22)(H,21,24)(H,25,26)/t11-,12+,13+/m0/s1. The molecule has 148 valence electrons. The summed E-state index contributed by atoms with van der Waals surface area (Å²) in [5, 5.41) is 17.2. The predicted octanol–water partition coefficient (Wildman–Crippen LogP) is -0.506. The van der Waals surface area contributed by atoms with Gasteiger partial charge in [-0.25, -0.2) is 4.79 Å². The normalized spacial score (nSPS) is 25.5. The van der Waals surface area contributed by atoms with Crippen LogP contribution in [-0.2, 0) is 19.2 Å². The van der Waals surface area contributed by atoms with Gasteiger partial charge < -0.3 is 26.8 Å². The maximum Gasteiger partial charge on any atom is 0.326 e. The van der Waals surface area contributed by atoms with Crippen LogP contribution in [0.5, 0.6) is 0 Å². The highest BCUT2D eigenvalue weighted by atomic mass is 16.4. The molecule has 0 unspecified atom stereocenters. The summed E-state index contributed by atoms with van der Waals surface area (Å²) in [4.78, 5) is 47.9. The van der Waals surface area contributed by atoms with Crippen molar-refractivity contribution >= 4 is 23.7 Å². The molecule has 0 aromatic heterocycles. The largest absolute Gasteiger partial charge is 0.480 e. The summed E-state index contributed by atoms with van der Waals surface area (Å²) in [5.74, 6) is -2.53. The van der Waals surface area contributed by atoms with E-state index in [0.717, 1.165) is 12.8 Å². The monoisotopic (exact) mass is 370 g/mol. The van der Waals surface area contributed by atoms with Crippen molar-refractivity contribution < 1.29 is 24.3 Å². The quantitative estimate of drug-likeness (QED) is 0.398. The third-order valence-corrected chi connectivity index (χ3v) is 4.38.